The van der Waals surface area contributed by atoms with Crippen molar-refractivity contribution in [3.63, 3.8) is 0 Å². The maximum atomic E-state index is 4.81. The molecule has 60 valence electrons. The molecule has 0 amide bonds. The normalized spacial score (nSPS) is 8.00. The molecule has 2 nitrogen and oxygen atoms in total. The molecule has 0 aromatic carbocycles. The Labute approximate surface area is 59.8 Å². The van der Waals surface area contributed by atoms with Gasteiger partial charge in [-0.2, -0.15) is 0 Å². The lowest BCUT2D eigenvalue weighted by atomic mass is 10.6. The Hall–Kier alpha value is -0.0800. The van der Waals surface area contributed by atoms with Crippen molar-refractivity contribution in [2.24, 2.45) is 0 Å². The van der Waals surface area contributed by atoms with Gasteiger partial charge in [0.05, 0.1) is 6.61 Å². The molecule has 0 heterocycles. The van der Waals surface area contributed by atoms with Crippen LogP contribution in [0, 0.1) is 0 Å². The molecule has 2 heteroatoms. The summed E-state index contributed by atoms with van der Waals surface area (Å²) in [5, 5.41) is 0. The Kier molecular flexibility index (Phi) is 19.2. The van der Waals surface area contributed by atoms with Crippen molar-refractivity contribution in [1.29, 1.82) is 0 Å². The van der Waals surface area contributed by atoms with Crippen molar-refractivity contribution in [2.45, 2.75) is 14.9 Å². The third-order valence-electron chi connectivity index (χ3n) is 0.743. The van der Waals surface area contributed by atoms with E-state index in [0.29, 0.717) is 0 Å². The topological polar surface area (TPSA) is 12.5 Å². The summed E-state index contributed by atoms with van der Waals surface area (Å²) in [5.41, 5.74) is 0. The van der Waals surface area contributed by atoms with E-state index in [4.69, 9.17) is 4.74 Å². The van der Waals surface area contributed by atoms with Gasteiger partial charge in [0.25, 0.3) is 0 Å². The SMILES string of the molecule is C.C.COCCN(C)C. The molecule has 0 radical (unpaired) electrons. The first kappa shape index (κ1) is 16.0. The predicted molar refractivity (Wildman–Crippen MR) is 43.9 cm³/mol. The zero-order valence-electron chi connectivity index (χ0n) is 5.27. The fourth-order valence-electron chi connectivity index (χ4n) is 0.274. The van der Waals surface area contributed by atoms with Crippen LogP contribution in [0.1, 0.15) is 14.9 Å². The van der Waals surface area contributed by atoms with Crippen LogP contribution in [-0.4, -0.2) is 39.3 Å². The number of likely N-dealkylation sites (N-methyl/N-ethyl adjacent to an activating group) is 1. The summed E-state index contributed by atoms with van der Waals surface area (Å²) in [6.07, 6.45) is 0. The van der Waals surface area contributed by atoms with Crippen molar-refractivity contribution < 1.29 is 4.74 Å². The zero-order valence-corrected chi connectivity index (χ0v) is 5.27. The van der Waals surface area contributed by atoms with E-state index >= 15 is 0 Å². The van der Waals surface area contributed by atoms with E-state index < -0.39 is 0 Å². The van der Waals surface area contributed by atoms with E-state index in [9.17, 15) is 0 Å². The van der Waals surface area contributed by atoms with Crippen LogP contribution in [0.4, 0.5) is 0 Å². The van der Waals surface area contributed by atoms with Gasteiger partial charge in [0.2, 0.25) is 0 Å². The fourth-order valence-corrected chi connectivity index (χ4v) is 0.274. The average Bonchev–Trinajstić information content (AvgIpc) is 1.61. The van der Waals surface area contributed by atoms with E-state index in [1.165, 1.54) is 0 Å². The predicted octanol–water partition coefficient (Wildman–Crippen LogP) is 1.47. The minimum atomic E-state index is 0. The number of rotatable bonds is 3. The minimum absolute atomic E-state index is 0. The van der Waals surface area contributed by atoms with Crippen LogP contribution < -0.4 is 0 Å². The summed E-state index contributed by atoms with van der Waals surface area (Å²) in [7, 11) is 5.77. The highest BCUT2D eigenvalue weighted by Gasteiger charge is 1.83. The van der Waals surface area contributed by atoms with Crippen LogP contribution in [0.25, 0.3) is 0 Å². The number of methoxy groups -OCH3 is 1. The second-order valence-electron chi connectivity index (χ2n) is 1.80. The summed E-state index contributed by atoms with van der Waals surface area (Å²) in [6, 6.07) is 0. The van der Waals surface area contributed by atoms with Gasteiger partial charge in [-0.3, -0.25) is 0 Å². The van der Waals surface area contributed by atoms with Gasteiger partial charge in [-0.1, -0.05) is 14.9 Å². The lowest BCUT2D eigenvalue weighted by Crippen LogP contribution is -2.16. The smallest absolute Gasteiger partial charge is 0.0589 e. The Balaban J connectivity index is -0.000000180. The van der Waals surface area contributed by atoms with Crippen LogP contribution in [-0.2, 0) is 4.74 Å². The zero-order chi connectivity index (χ0) is 5.70. The molecule has 0 aromatic rings. The molecule has 0 aliphatic heterocycles. The first-order valence-corrected chi connectivity index (χ1v) is 2.41. The summed E-state index contributed by atoms with van der Waals surface area (Å²) in [5.74, 6) is 0. The molecule has 0 spiro atoms. The van der Waals surface area contributed by atoms with E-state index in [-0.39, 0.29) is 14.9 Å². The van der Waals surface area contributed by atoms with E-state index in [1.807, 2.05) is 14.1 Å². The molecular weight excluding hydrogens is 114 g/mol. The van der Waals surface area contributed by atoms with Crippen LogP contribution in [0.5, 0.6) is 0 Å². The van der Waals surface area contributed by atoms with Crippen LogP contribution >= 0.6 is 0 Å². The standard InChI is InChI=1S/C5H13NO.2CH4/c1-6(2)4-5-7-3;;/h4-5H2,1-3H3;2*1H4. The summed E-state index contributed by atoms with van der Waals surface area (Å²) >= 11 is 0. The minimum Gasteiger partial charge on any atom is -0.383 e. The van der Waals surface area contributed by atoms with Gasteiger partial charge in [0.15, 0.2) is 0 Å². The average molecular weight is 135 g/mol. The highest BCUT2D eigenvalue weighted by atomic mass is 16.5. The highest BCUT2D eigenvalue weighted by molar-refractivity contribution is 4.36. The Morgan fingerprint density at radius 1 is 1.22 bits per heavy atom. The van der Waals surface area contributed by atoms with Gasteiger partial charge in [0, 0.05) is 13.7 Å². The molecule has 9 heavy (non-hydrogen) atoms. The first-order valence-electron chi connectivity index (χ1n) is 2.41. The van der Waals surface area contributed by atoms with E-state index in [1.54, 1.807) is 7.11 Å². The van der Waals surface area contributed by atoms with Gasteiger partial charge < -0.3 is 9.64 Å². The lowest BCUT2D eigenvalue weighted by Gasteiger charge is -2.06. The molecular formula is C7H21NO. The first-order chi connectivity index (χ1) is 3.27. The molecule has 0 unspecified atom stereocenters. The third kappa shape index (κ3) is 18.1. The summed E-state index contributed by atoms with van der Waals surface area (Å²) in [6.45, 7) is 1.84. The highest BCUT2D eigenvalue weighted by Crippen LogP contribution is 1.71. The maximum Gasteiger partial charge on any atom is 0.0589 e. The molecule has 0 N–H and O–H groups in total. The molecule has 0 rings (SSSR count). The monoisotopic (exact) mass is 135 g/mol. The number of hydrogen-bond acceptors (Lipinski definition) is 2. The molecule has 0 aliphatic carbocycles. The maximum absolute atomic E-state index is 4.81. The molecule has 0 saturated carbocycles. The Bertz CT molecular complexity index is 37.9. The summed E-state index contributed by atoms with van der Waals surface area (Å²) < 4.78 is 4.81. The quantitative estimate of drug-likeness (QED) is 0.581. The molecule has 0 bridgehead atoms. The van der Waals surface area contributed by atoms with Gasteiger partial charge in [-0.15, -0.1) is 0 Å². The lowest BCUT2D eigenvalue weighted by molar-refractivity contribution is 0.172. The second kappa shape index (κ2) is 10.8. The molecule has 0 aromatic heterocycles. The molecule has 0 aliphatic rings. The number of nitrogens with zero attached hydrogens (tertiary/aromatic N) is 1. The Morgan fingerprint density at radius 3 is 1.78 bits per heavy atom. The van der Waals surface area contributed by atoms with E-state index in [0.717, 1.165) is 13.2 Å². The molecule has 0 saturated heterocycles. The van der Waals surface area contributed by atoms with Crippen LogP contribution in [0.3, 0.4) is 0 Å². The van der Waals surface area contributed by atoms with Gasteiger partial charge in [0.1, 0.15) is 0 Å². The molecule has 0 atom stereocenters. The van der Waals surface area contributed by atoms with E-state index in [2.05, 4.69) is 4.90 Å². The van der Waals surface area contributed by atoms with Crippen molar-refractivity contribution in [3.05, 3.63) is 0 Å². The third-order valence-corrected chi connectivity index (χ3v) is 0.743. The fraction of sp³-hybridized carbons (Fsp3) is 1.00. The number of hydrogen-bond donors (Lipinski definition) is 0. The van der Waals surface area contributed by atoms with Crippen molar-refractivity contribution >= 4 is 0 Å². The van der Waals surface area contributed by atoms with Crippen LogP contribution in [0.15, 0.2) is 0 Å². The van der Waals surface area contributed by atoms with Crippen molar-refractivity contribution in [3.8, 4) is 0 Å². The van der Waals surface area contributed by atoms with Gasteiger partial charge in [-0.05, 0) is 14.1 Å². The van der Waals surface area contributed by atoms with Gasteiger partial charge in [-0.25, -0.2) is 0 Å². The van der Waals surface area contributed by atoms with Crippen molar-refractivity contribution in [2.75, 3.05) is 34.4 Å². The Morgan fingerprint density at radius 2 is 1.67 bits per heavy atom. The van der Waals surface area contributed by atoms with Crippen molar-refractivity contribution in [1.82, 2.24) is 4.90 Å². The largest absolute Gasteiger partial charge is 0.383 e. The van der Waals surface area contributed by atoms with Gasteiger partial charge >= 0.3 is 0 Å². The number of ether oxygens (including phenoxy) is 1. The molecule has 0 fully saturated rings. The van der Waals surface area contributed by atoms with Crippen LogP contribution in [0.2, 0.25) is 0 Å². The summed E-state index contributed by atoms with van der Waals surface area (Å²) in [4.78, 5) is 2.09. The second-order valence-corrected chi connectivity index (χ2v) is 1.80.